The van der Waals surface area contributed by atoms with Gasteiger partial charge in [0.1, 0.15) is 0 Å². The number of carbonyl (C=O) groups excluding carboxylic acids is 1. The molecule has 0 bridgehead atoms. The van der Waals surface area contributed by atoms with Gasteiger partial charge in [0.2, 0.25) is 0 Å². The van der Waals surface area contributed by atoms with Gasteiger partial charge in [-0.25, -0.2) is 0 Å². The third-order valence-electron chi connectivity index (χ3n) is 4.20. The fraction of sp³-hybridized carbons (Fsp3) is 0.562. The lowest BCUT2D eigenvalue weighted by Crippen LogP contribution is -2.26. The van der Waals surface area contributed by atoms with Crippen LogP contribution >= 0.6 is 0 Å². The van der Waals surface area contributed by atoms with Crippen molar-refractivity contribution in [3.8, 4) is 0 Å². The Morgan fingerprint density at radius 3 is 2.60 bits per heavy atom. The minimum atomic E-state index is 0.00377. The van der Waals surface area contributed by atoms with E-state index in [1.54, 1.807) is 31.1 Å². The van der Waals surface area contributed by atoms with E-state index < -0.39 is 0 Å². The van der Waals surface area contributed by atoms with Crippen LogP contribution in [0.4, 0.5) is 11.4 Å². The molecule has 110 valence electrons. The highest BCUT2D eigenvalue weighted by Crippen LogP contribution is 2.37. The largest absolute Gasteiger partial charge is 0.399 e. The molecule has 0 spiro atoms. The van der Waals surface area contributed by atoms with Crippen LogP contribution < -0.4 is 11.1 Å². The summed E-state index contributed by atoms with van der Waals surface area (Å²) < 4.78 is 0. The smallest absolute Gasteiger partial charge is 0.255 e. The van der Waals surface area contributed by atoms with Crippen LogP contribution in [0.3, 0.4) is 0 Å². The maximum atomic E-state index is 12.2. The maximum Gasteiger partial charge on any atom is 0.255 e. The van der Waals surface area contributed by atoms with Crippen LogP contribution in [-0.4, -0.2) is 31.4 Å². The SMILES string of the molecule is CN(C)C(=O)c1ccc(N)cc1NCC1(C)CCCC1. The van der Waals surface area contributed by atoms with Crippen LogP contribution in [0.2, 0.25) is 0 Å². The monoisotopic (exact) mass is 275 g/mol. The Balaban J connectivity index is 2.17. The number of nitrogens with one attached hydrogen (secondary N) is 1. The van der Waals surface area contributed by atoms with Gasteiger partial charge in [-0.3, -0.25) is 4.79 Å². The van der Waals surface area contributed by atoms with Crippen LogP contribution in [0, 0.1) is 5.41 Å². The van der Waals surface area contributed by atoms with E-state index in [0.29, 0.717) is 16.7 Å². The zero-order valence-electron chi connectivity index (χ0n) is 12.7. The number of hydrogen-bond donors (Lipinski definition) is 2. The third-order valence-corrected chi connectivity index (χ3v) is 4.20. The van der Waals surface area contributed by atoms with Crippen molar-refractivity contribution in [1.82, 2.24) is 4.90 Å². The van der Waals surface area contributed by atoms with Gasteiger partial charge < -0.3 is 16.0 Å². The van der Waals surface area contributed by atoms with Gasteiger partial charge >= 0.3 is 0 Å². The molecule has 1 aliphatic rings. The first-order valence-electron chi connectivity index (χ1n) is 7.26. The zero-order valence-corrected chi connectivity index (χ0v) is 12.7. The van der Waals surface area contributed by atoms with E-state index in [1.807, 2.05) is 6.07 Å². The number of hydrogen-bond acceptors (Lipinski definition) is 3. The molecule has 4 nitrogen and oxygen atoms in total. The van der Waals surface area contributed by atoms with E-state index in [1.165, 1.54) is 25.7 Å². The van der Waals surface area contributed by atoms with Gasteiger partial charge in [0.15, 0.2) is 0 Å². The summed E-state index contributed by atoms with van der Waals surface area (Å²) in [7, 11) is 3.53. The van der Waals surface area contributed by atoms with Gasteiger partial charge in [0.05, 0.1) is 5.56 Å². The predicted molar refractivity (Wildman–Crippen MR) is 83.9 cm³/mol. The highest BCUT2D eigenvalue weighted by atomic mass is 16.2. The van der Waals surface area contributed by atoms with E-state index >= 15 is 0 Å². The Labute approximate surface area is 121 Å². The number of nitrogen functional groups attached to an aromatic ring is 1. The second-order valence-electron chi connectivity index (χ2n) is 6.38. The Bertz CT molecular complexity index is 490. The van der Waals surface area contributed by atoms with E-state index in [-0.39, 0.29) is 5.91 Å². The molecule has 0 aromatic heterocycles. The molecule has 1 aliphatic carbocycles. The van der Waals surface area contributed by atoms with Gasteiger partial charge in [-0.2, -0.15) is 0 Å². The molecule has 3 N–H and O–H groups in total. The number of nitrogens with two attached hydrogens (primary N) is 1. The quantitative estimate of drug-likeness (QED) is 0.831. The molecule has 1 saturated carbocycles. The number of nitrogens with zero attached hydrogens (tertiary/aromatic N) is 1. The molecule has 0 saturated heterocycles. The summed E-state index contributed by atoms with van der Waals surface area (Å²) in [4.78, 5) is 13.8. The summed E-state index contributed by atoms with van der Waals surface area (Å²) in [6.07, 6.45) is 5.11. The van der Waals surface area contributed by atoms with Crippen molar-refractivity contribution >= 4 is 17.3 Å². The van der Waals surface area contributed by atoms with Crippen LogP contribution in [0.15, 0.2) is 18.2 Å². The molecule has 1 aromatic rings. The molecule has 4 heteroatoms. The van der Waals surface area contributed by atoms with E-state index in [0.717, 1.165) is 12.2 Å². The lowest BCUT2D eigenvalue weighted by Gasteiger charge is -2.25. The summed E-state index contributed by atoms with van der Waals surface area (Å²) in [5.41, 5.74) is 8.40. The minimum Gasteiger partial charge on any atom is -0.399 e. The van der Waals surface area contributed by atoms with E-state index in [9.17, 15) is 4.79 Å². The van der Waals surface area contributed by atoms with Crippen molar-refractivity contribution in [3.05, 3.63) is 23.8 Å². The first kappa shape index (κ1) is 14.7. The first-order valence-corrected chi connectivity index (χ1v) is 7.26. The van der Waals surface area contributed by atoms with Crippen molar-refractivity contribution in [2.24, 2.45) is 5.41 Å². The fourth-order valence-corrected chi connectivity index (χ4v) is 2.85. The van der Waals surface area contributed by atoms with Crippen molar-refractivity contribution in [1.29, 1.82) is 0 Å². The Morgan fingerprint density at radius 1 is 1.35 bits per heavy atom. The Hall–Kier alpha value is -1.71. The van der Waals surface area contributed by atoms with Crippen molar-refractivity contribution in [2.45, 2.75) is 32.6 Å². The fourth-order valence-electron chi connectivity index (χ4n) is 2.85. The lowest BCUT2D eigenvalue weighted by molar-refractivity contribution is 0.0828. The molecule has 0 radical (unpaired) electrons. The molecule has 1 fully saturated rings. The van der Waals surface area contributed by atoms with Crippen molar-refractivity contribution < 1.29 is 4.79 Å². The van der Waals surface area contributed by atoms with Crippen LogP contribution in [0.1, 0.15) is 43.0 Å². The average Bonchev–Trinajstić information content (AvgIpc) is 2.83. The standard InChI is InChI=1S/C16H25N3O/c1-16(8-4-5-9-16)11-18-14-10-12(17)6-7-13(14)15(20)19(2)3/h6-7,10,18H,4-5,8-9,11,17H2,1-3H3. The average molecular weight is 275 g/mol. The molecule has 0 atom stereocenters. The molecule has 20 heavy (non-hydrogen) atoms. The number of amides is 1. The second-order valence-corrected chi connectivity index (χ2v) is 6.38. The summed E-state index contributed by atoms with van der Waals surface area (Å²) >= 11 is 0. The molecule has 1 aromatic carbocycles. The number of carbonyl (C=O) groups is 1. The third kappa shape index (κ3) is 3.24. The summed E-state index contributed by atoms with van der Waals surface area (Å²) in [6, 6.07) is 5.44. The van der Waals surface area contributed by atoms with Gasteiger partial charge in [-0.05, 0) is 36.5 Å². The molecule has 0 aliphatic heterocycles. The highest BCUT2D eigenvalue weighted by Gasteiger charge is 2.28. The number of rotatable bonds is 4. The van der Waals surface area contributed by atoms with Gasteiger partial charge in [0, 0.05) is 32.0 Å². The van der Waals surface area contributed by atoms with Gasteiger partial charge in [-0.15, -0.1) is 0 Å². The zero-order chi connectivity index (χ0) is 14.8. The molecular formula is C16H25N3O. The predicted octanol–water partition coefficient (Wildman–Crippen LogP) is 2.96. The van der Waals surface area contributed by atoms with Crippen molar-refractivity contribution in [2.75, 3.05) is 31.7 Å². The summed E-state index contributed by atoms with van der Waals surface area (Å²) in [6.45, 7) is 3.21. The highest BCUT2D eigenvalue weighted by molar-refractivity contribution is 6.00. The minimum absolute atomic E-state index is 0.00377. The van der Waals surface area contributed by atoms with Crippen LogP contribution in [0.25, 0.3) is 0 Å². The van der Waals surface area contributed by atoms with Gasteiger partial charge in [-0.1, -0.05) is 19.8 Å². The summed E-state index contributed by atoms with van der Waals surface area (Å²) in [5.74, 6) is 0.00377. The molecular weight excluding hydrogens is 250 g/mol. The Morgan fingerprint density at radius 2 is 2.00 bits per heavy atom. The van der Waals surface area contributed by atoms with Crippen LogP contribution in [-0.2, 0) is 0 Å². The molecule has 1 amide bonds. The number of benzene rings is 1. The number of anilines is 2. The first-order chi connectivity index (χ1) is 9.41. The van der Waals surface area contributed by atoms with Crippen molar-refractivity contribution in [3.63, 3.8) is 0 Å². The van der Waals surface area contributed by atoms with E-state index in [2.05, 4.69) is 12.2 Å². The molecule has 2 rings (SSSR count). The topological polar surface area (TPSA) is 58.4 Å². The second kappa shape index (κ2) is 5.73. The molecule has 0 heterocycles. The lowest BCUT2D eigenvalue weighted by atomic mass is 9.89. The molecule has 0 unspecified atom stereocenters. The Kier molecular flexibility index (Phi) is 4.21. The van der Waals surface area contributed by atoms with Gasteiger partial charge in [0.25, 0.3) is 5.91 Å². The normalized spacial score (nSPS) is 16.9. The van der Waals surface area contributed by atoms with E-state index in [4.69, 9.17) is 5.73 Å². The summed E-state index contributed by atoms with van der Waals surface area (Å²) in [5, 5.41) is 3.44. The van der Waals surface area contributed by atoms with Crippen LogP contribution in [0.5, 0.6) is 0 Å². The maximum absolute atomic E-state index is 12.2.